The lowest BCUT2D eigenvalue weighted by Gasteiger charge is -2.20. The molecular weight excluding hydrogens is 392 g/mol. The molecule has 0 N–H and O–H groups in total. The Kier molecular flexibility index (Phi) is 5.28. The second kappa shape index (κ2) is 7.87. The molecule has 0 unspecified atom stereocenters. The van der Waals surface area contributed by atoms with Crippen LogP contribution < -0.4 is 0 Å². The van der Waals surface area contributed by atoms with Gasteiger partial charge in [-0.05, 0) is 49.2 Å². The van der Waals surface area contributed by atoms with E-state index in [9.17, 15) is 14.4 Å². The average molecular weight is 413 g/mol. The van der Waals surface area contributed by atoms with Crippen molar-refractivity contribution in [3.63, 3.8) is 0 Å². The molecule has 0 radical (unpaired) electrons. The lowest BCUT2D eigenvalue weighted by molar-refractivity contribution is -0.146. The summed E-state index contributed by atoms with van der Waals surface area (Å²) in [5.41, 5.74) is 0.888. The van der Waals surface area contributed by atoms with E-state index in [1.165, 1.54) is 4.90 Å². The molecule has 2 aromatic rings. The Morgan fingerprint density at radius 3 is 2.31 bits per heavy atom. The summed E-state index contributed by atoms with van der Waals surface area (Å²) in [6.07, 6.45) is 4.99. The number of furan rings is 1. The van der Waals surface area contributed by atoms with Gasteiger partial charge in [0.15, 0.2) is 0 Å². The van der Waals surface area contributed by atoms with Gasteiger partial charge in [0.2, 0.25) is 17.7 Å². The van der Waals surface area contributed by atoms with E-state index in [0.29, 0.717) is 29.4 Å². The van der Waals surface area contributed by atoms with E-state index in [0.717, 1.165) is 10.5 Å². The molecule has 1 aromatic heterocycles. The van der Waals surface area contributed by atoms with Crippen molar-refractivity contribution in [3.05, 3.63) is 59.3 Å². The summed E-state index contributed by atoms with van der Waals surface area (Å²) in [7, 11) is 1.63. The summed E-state index contributed by atoms with van der Waals surface area (Å²) >= 11 is 5.91. The summed E-state index contributed by atoms with van der Waals surface area (Å²) in [6, 6.07) is 10.9. The van der Waals surface area contributed by atoms with Gasteiger partial charge in [0.25, 0.3) is 0 Å². The fraction of sp³-hybridized carbons (Fsp3) is 0.318. The zero-order valence-electron chi connectivity index (χ0n) is 16.0. The van der Waals surface area contributed by atoms with Gasteiger partial charge in [0, 0.05) is 17.6 Å². The van der Waals surface area contributed by atoms with Gasteiger partial charge in [0.1, 0.15) is 18.1 Å². The molecule has 1 aliphatic carbocycles. The maximum Gasteiger partial charge on any atom is 0.242 e. The summed E-state index contributed by atoms with van der Waals surface area (Å²) < 4.78 is 5.83. The maximum atomic E-state index is 12.6. The third-order valence-electron chi connectivity index (χ3n) is 5.50. The highest BCUT2D eigenvalue weighted by Crippen LogP contribution is 2.35. The Balaban J connectivity index is 1.38. The number of halogens is 1. The van der Waals surface area contributed by atoms with Gasteiger partial charge < -0.3 is 9.32 Å². The predicted octanol–water partition coefficient (Wildman–Crippen LogP) is 3.51. The number of hydrogen-bond acceptors (Lipinski definition) is 4. The second-order valence-electron chi connectivity index (χ2n) is 7.44. The number of rotatable bonds is 5. The minimum Gasteiger partial charge on any atom is -0.459 e. The first-order valence-corrected chi connectivity index (χ1v) is 9.90. The van der Waals surface area contributed by atoms with Crippen LogP contribution in [0.2, 0.25) is 5.02 Å². The number of allylic oxidation sites excluding steroid dienone is 2. The van der Waals surface area contributed by atoms with Gasteiger partial charge in [-0.2, -0.15) is 0 Å². The molecule has 1 saturated heterocycles. The molecule has 1 aliphatic heterocycles. The van der Waals surface area contributed by atoms with E-state index < -0.39 is 0 Å². The number of likely N-dealkylation sites (tertiary alicyclic amines) is 1. The number of nitrogens with zero attached hydrogens (tertiary/aromatic N) is 2. The Morgan fingerprint density at radius 2 is 1.69 bits per heavy atom. The SMILES string of the molecule is CN(Cc1ccc(-c2ccc(Cl)cc2)o1)C(=O)CN1C(=O)[C@@H]2CC=CC[C@H]2C1=O. The van der Waals surface area contributed by atoms with E-state index >= 15 is 0 Å². The first-order valence-electron chi connectivity index (χ1n) is 9.53. The summed E-state index contributed by atoms with van der Waals surface area (Å²) in [6.45, 7) is 0.0168. The van der Waals surface area contributed by atoms with Crippen molar-refractivity contribution in [2.45, 2.75) is 19.4 Å². The second-order valence-corrected chi connectivity index (χ2v) is 7.88. The van der Waals surface area contributed by atoms with Crippen LogP contribution in [0.25, 0.3) is 11.3 Å². The predicted molar refractivity (Wildman–Crippen MR) is 108 cm³/mol. The van der Waals surface area contributed by atoms with E-state index in [-0.39, 0.29) is 42.6 Å². The van der Waals surface area contributed by atoms with Crippen LogP contribution in [0.4, 0.5) is 0 Å². The van der Waals surface area contributed by atoms with Crippen LogP contribution in [0.5, 0.6) is 0 Å². The maximum absolute atomic E-state index is 12.6. The number of carbonyl (C=O) groups is 3. The summed E-state index contributed by atoms with van der Waals surface area (Å²) in [5.74, 6) is -0.136. The molecular formula is C22H21ClN2O4. The molecule has 2 heterocycles. The molecule has 1 aromatic carbocycles. The molecule has 1 fully saturated rings. The number of carbonyl (C=O) groups excluding carboxylic acids is 3. The lowest BCUT2D eigenvalue weighted by Crippen LogP contribution is -2.41. The Bertz CT molecular complexity index is 953. The zero-order chi connectivity index (χ0) is 20.5. The highest BCUT2D eigenvalue weighted by atomic mass is 35.5. The third-order valence-corrected chi connectivity index (χ3v) is 5.75. The van der Waals surface area contributed by atoms with E-state index in [1.54, 1.807) is 25.2 Å². The number of fused-ring (bicyclic) bond motifs is 1. The quantitative estimate of drug-likeness (QED) is 0.556. The number of imide groups is 1. The molecule has 0 bridgehead atoms. The first-order chi connectivity index (χ1) is 13.9. The van der Waals surface area contributed by atoms with Crippen molar-refractivity contribution in [3.8, 4) is 11.3 Å². The number of likely N-dealkylation sites (N-methyl/N-ethyl adjacent to an activating group) is 1. The molecule has 0 saturated carbocycles. The van der Waals surface area contributed by atoms with Gasteiger partial charge in [-0.15, -0.1) is 0 Å². The molecule has 2 atom stereocenters. The average Bonchev–Trinajstić information content (AvgIpc) is 3.28. The smallest absolute Gasteiger partial charge is 0.242 e. The fourth-order valence-electron chi connectivity index (χ4n) is 3.83. The molecule has 150 valence electrons. The van der Waals surface area contributed by atoms with Crippen LogP contribution in [0.1, 0.15) is 18.6 Å². The molecule has 3 amide bonds. The Morgan fingerprint density at radius 1 is 1.07 bits per heavy atom. The van der Waals surface area contributed by atoms with Gasteiger partial charge in [-0.25, -0.2) is 0 Å². The molecule has 0 spiro atoms. The Labute approximate surface area is 173 Å². The summed E-state index contributed by atoms with van der Waals surface area (Å²) in [4.78, 5) is 40.2. The lowest BCUT2D eigenvalue weighted by atomic mass is 9.85. The van der Waals surface area contributed by atoms with Crippen LogP contribution in [0.3, 0.4) is 0 Å². The van der Waals surface area contributed by atoms with Crippen LogP contribution >= 0.6 is 11.6 Å². The van der Waals surface area contributed by atoms with E-state index in [1.807, 2.05) is 30.4 Å². The van der Waals surface area contributed by atoms with Gasteiger partial charge in [-0.3, -0.25) is 19.3 Å². The van der Waals surface area contributed by atoms with Crippen LogP contribution in [0, 0.1) is 11.8 Å². The van der Waals surface area contributed by atoms with Gasteiger partial charge in [0.05, 0.1) is 18.4 Å². The van der Waals surface area contributed by atoms with E-state index in [4.69, 9.17) is 16.0 Å². The zero-order valence-corrected chi connectivity index (χ0v) is 16.8. The van der Waals surface area contributed by atoms with Crippen molar-refractivity contribution >= 4 is 29.3 Å². The largest absolute Gasteiger partial charge is 0.459 e. The van der Waals surface area contributed by atoms with Gasteiger partial charge >= 0.3 is 0 Å². The van der Waals surface area contributed by atoms with Crippen molar-refractivity contribution in [1.82, 2.24) is 9.80 Å². The highest BCUT2D eigenvalue weighted by molar-refractivity contribution is 6.30. The third kappa shape index (κ3) is 3.85. The van der Waals surface area contributed by atoms with Crippen molar-refractivity contribution in [2.24, 2.45) is 11.8 Å². The highest BCUT2D eigenvalue weighted by Gasteiger charge is 2.47. The van der Waals surface area contributed by atoms with E-state index in [2.05, 4.69) is 0 Å². The molecule has 29 heavy (non-hydrogen) atoms. The van der Waals surface area contributed by atoms with Gasteiger partial charge in [-0.1, -0.05) is 23.8 Å². The number of amides is 3. The minimum absolute atomic E-state index is 0.230. The van der Waals surface area contributed by atoms with Crippen LogP contribution in [-0.2, 0) is 20.9 Å². The van der Waals surface area contributed by atoms with Crippen molar-refractivity contribution < 1.29 is 18.8 Å². The molecule has 6 nitrogen and oxygen atoms in total. The topological polar surface area (TPSA) is 70.8 Å². The fourth-order valence-corrected chi connectivity index (χ4v) is 3.96. The standard InChI is InChI=1S/C22H21ClN2O4/c1-24(12-16-10-11-19(29-16)14-6-8-15(23)9-7-14)20(26)13-25-21(27)17-4-2-3-5-18(17)22(25)28/h2-3,6-11,17-18H,4-5,12-13H2,1H3/t17-,18-/m1/s1. The summed E-state index contributed by atoms with van der Waals surface area (Å²) in [5, 5.41) is 0.646. The molecule has 4 rings (SSSR count). The Hall–Kier alpha value is -2.86. The number of benzene rings is 1. The van der Waals surface area contributed by atoms with Crippen molar-refractivity contribution in [2.75, 3.05) is 13.6 Å². The monoisotopic (exact) mass is 412 g/mol. The molecule has 2 aliphatic rings. The van der Waals surface area contributed by atoms with Crippen LogP contribution in [-0.4, -0.2) is 41.1 Å². The normalized spacial score (nSPS) is 20.8. The molecule has 7 heteroatoms. The van der Waals surface area contributed by atoms with Crippen LogP contribution in [0.15, 0.2) is 53.0 Å². The van der Waals surface area contributed by atoms with Crippen molar-refractivity contribution in [1.29, 1.82) is 0 Å². The minimum atomic E-state index is -0.322. The number of hydrogen-bond donors (Lipinski definition) is 0. The first kappa shape index (κ1) is 19.5.